The molecule has 2 aromatic rings. The highest BCUT2D eigenvalue weighted by Crippen LogP contribution is 2.22. The summed E-state index contributed by atoms with van der Waals surface area (Å²) < 4.78 is 44.5. The molecule has 2 aromatic carbocycles. The quantitative estimate of drug-likeness (QED) is 0.723. The molecule has 0 N–H and O–H groups in total. The van der Waals surface area contributed by atoms with Crippen LogP contribution in [0.3, 0.4) is 0 Å². The zero-order valence-corrected chi connectivity index (χ0v) is 15.4. The van der Waals surface area contributed by atoms with Gasteiger partial charge in [0.25, 0.3) is 0 Å². The molecule has 8 heteroatoms. The lowest BCUT2D eigenvalue weighted by molar-refractivity contribution is 0.0472. The van der Waals surface area contributed by atoms with Crippen LogP contribution in [0.25, 0.3) is 0 Å². The van der Waals surface area contributed by atoms with Gasteiger partial charge in [-0.2, -0.15) is 4.31 Å². The highest BCUT2D eigenvalue weighted by Gasteiger charge is 2.27. The maximum absolute atomic E-state index is 13.0. The van der Waals surface area contributed by atoms with Crippen molar-refractivity contribution < 1.29 is 22.3 Å². The van der Waals surface area contributed by atoms with Gasteiger partial charge >= 0.3 is 5.97 Å². The first kappa shape index (κ1) is 18.8. The molecular formula is C18H17ClFNO4S. The van der Waals surface area contributed by atoms with Gasteiger partial charge in [-0.3, -0.25) is 0 Å². The third kappa shape index (κ3) is 4.06. The number of benzene rings is 2. The standard InChI is InChI=1S/C18H17ClFNO4S/c19-17-11-15(20)6-3-14(17)12-25-18(22)13-4-7-16(8-5-13)26(23,24)21-9-1-2-10-21/h3-8,11H,1-2,9-10,12H2. The van der Waals surface area contributed by atoms with Crippen LogP contribution in [0, 0.1) is 5.82 Å². The third-order valence-corrected chi connectivity index (χ3v) is 6.43. The van der Waals surface area contributed by atoms with E-state index in [0.29, 0.717) is 18.7 Å². The molecule has 0 aromatic heterocycles. The number of hydrogen-bond acceptors (Lipinski definition) is 4. The molecule has 0 unspecified atom stereocenters. The molecule has 138 valence electrons. The lowest BCUT2D eigenvalue weighted by atomic mass is 10.2. The number of hydrogen-bond donors (Lipinski definition) is 0. The van der Waals surface area contributed by atoms with E-state index < -0.39 is 21.8 Å². The Bertz CT molecular complexity index is 909. The van der Waals surface area contributed by atoms with Crippen LogP contribution in [0.15, 0.2) is 47.4 Å². The van der Waals surface area contributed by atoms with Gasteiger partial charge in [0.05, 0.1) is 15.5 Å². The van der Waals surface area contributed by atoms with Crippen molar-refractivity contribution in [1.29, 1.82) is 0 Å². The molecule has 1 aliphatic heterocycles. The minimum absolute atomic E-state index is 0.105. The van der Waals surface area contributed by atoms with Crippen molar-refractivity contribution in [2.24, 2.45) is 0 Å². The van der Waals surface area contributed by atoms with Gasteiger partial charge in [-0.25, -0.2) is 17.6 Å². The van der Waals surface area contributed by atoms with Crippen molar-refractivity contribution in [3.05, 3.63) is 64.4 Å². The number of halogens is 2. The fraction of sp³-hybridized carbons (Fsp3) is 0.278. The Labute approximate surface area is 156 Å². The van der Waals surface area contributed by atoms with E-state index in [0.717, 1.165) is 18.9 Å². The molecule has 0 radical (unpaired) electrons. The summed E-state index contributed by atoms with van der Waals surface area (Å²) in [6.45, 7) is 0.931. The summed E-state index contributed by atoms with van der Waals surface area (Å²) in [7, 11) is -3.52. The fourth-order valence-electron chi connectivity index (χ4n) is 2.71. The van der Waals surface area contributed by atoms with E-state index in [9.17, 15) is 17.6 Å². The van der Waals surface area contributed by atoms with Crippen molar-refractivity contribution in [1.82, 2.24) is 4.31 Å². The predicted molar refractivity (Wildman–Crippen MR) is 95.0 cm³/mol. The average Bonchev–Trinajstić information content (AvgIpc) is 3.16. The number of ether oxygens (including phenoxy) is 1. The summed E-state index contributed by atoms with van der Waals surface area (Å²) >= 11 is 5.89. The van der Waals surface area contributed by atoms with Crippen LogP contribution in [0.2, 0.25) is 5.02 Å². The lowest BCUT2D eigenvalue weighted by Crippen LogP contribution is -2.27. The van der Waals surface area contributed by atoms with E-state index in [1.165, 1.54) is 40.7 Å². The first-order valence-electron chi connectivity index (χ1n) is 8.09. The van der Waals surface area contributed by atoms with E-state index in [-0.39, 0.29) is 22.1 Å². The normalized spacial score (nSPS) is 15.2. The molecule has 1 aliphatic rings. The van der Waals surface area contributed by atoms with E-state index in [1.807, 2.05) is 0 Å². The van der Waals surface area contributed by atoms with Crippen molar-refractivity contribution in [3.8, 4) is 0 Å². The molecule has 0 saturated carbocycles. The molecule has 1 saturated heterocycles. The van der Waals surface area contributed by atoms with E-state index in [1.54, 1.807) is 0 Å². The Morgan fingerprint density at radius 2 is 1.77 bits per heavy atom. The number of sulfonamides is 1. The third-order valence-electron chi connectivity index (χ3n) is 4.17. The number of nitrogens with zero attached hydrogens (tertiary/aromatic N) is 1. The summed E-state index contributed by atoms with van der Waals surface area (Å²) in [5.74, 6) is -1.09. The van der Waals surface area contributed by atoms with Gasteiger partial charge in [0.2, 0.25) is 10.0 Å². The molecule has 26 heavy (non-hydrogen) atoms. The van der Waals surface area contributed by atoms with Gasteiger partial charge in [0.1, 0.15) is 12.4 Å². The Kier molecular flexibility index (Phi) is 5.60. The zero-order valence-electron chi connectivity index (χ0n) is 13.8. The molecule has 0 bridgehead atoms. The van der Waals surface area contributed by atoms with E-state index >= 15 is 0 Å². The Balaban J connectivity index is 1.67. The van der Waals surface area contributed by atoms with Crippen LogP contribution in [-0.2, 0) is 21.4 Å². The van der Waals surface area contributed by atoms with Gasteiger partial charge in [-0.05, 0) is 49.2 Å². The van der Waals surface area contributed by atoms with E-state index in [2.05, 4.69) is 0 Å². The van der Waals surface area contributed by atoms with Crippen LogP contribution in [0.5, 0.6) is 0 Å². The van der Waals surface area contributed by atoms with Crippen LogP contribution in [0.1, 0.15) is 28.8 Å². The number of rotatable bonds is 5. The van der Waals surface area contributed by atoms with Crippen molar-refractivity contribution >= 4 is 27.6 Å². The molecule has 0 amide bonds. The average molecular weight is 398 g/mol. The minimum atomic E-state index is -3.52. The Hall–Kier alpha value is -1.96. The lowest BCUT2D eigenvalue weighted by Gasteiger charge is -2.15. The number of esters is 1. The van der Waals surface area contributed by atoms with Crippen molar-refractivity contribution in [3.63, 3.8) is 0 Å². The van der Waals surface area contributed by atoms with Gasteiger partial charge in [-0.1, -0.05) is 17.7 Å². The molecule has 0 atom stereocenters. The Morgan fingerprint density at radius 1 is 1.12 bits per heavy atom. The van der Waals surface area contributed by atoms with Gasteiger partial charge < -0.3 is 4.74 Å². The molecule has 1 heterocycles. The van der Waals surface area contributed by atoms with Gasteiger partial charge in [0.15, 0.2) is 0 Å². The van der Waals surface area contributed by atoms with Crippen LogP contribution >= 0.6 is 11.6 Å². The van der Waals surface area contributed by atoms with E-state index in [4.69, 9.17) is 16.3 Å². The number of carbonyl (C=O) groups excluding carboxylic acids is 1. The summed E-state index contributed by atoms with van der Waals surface area (Å²) in [5, 5.41) is 0.171. The maximum atomic E-state index is 13.0. The van der Waals surface area contributed by atoms with Crippen LogP contribution in [-0.4, -0.2) is 31.8 Å². The summed E-state index contributed by atoms with van der Waals surface area (Å²) in [6.07, 6.45) is 1.71. The molecular weight excluding hydrogens is 381 g/mol. The zero-order chi connectivity index (χ0) is 18.7. The molecule has 0 spiro atoms. The van der Waals surface area contributed by atoms with Crippen LogP contribution in [0.4, 0.5) is 4.39 Å². The van der Waals surface area contributed by atoms with Crippen molar-refractivity contribution in [2.75, 3.05) is 13.1 Å². The number of carbonyl (C=O) groups is 1. The van der Waals surface area contributed by atoms with Crippen LogP contribution < -0.4 is 0 Å². The second-order valence-electron chi connectivity index (χ2n) is 5.95. The second kappa shape index (κ2) is 7.73. The highest BCUT2D eigenvalue weighted by atomic mass is 35.5. The molecule has 1 fully saturated rings. The Morgan fingerprint density at radius 3 is 2.38 bits per heavy atom. The molecule has 3 rings (SSSR count). The summed E-state index contributed by atoms with van der Waals surface area (Å²) in [5.41, 5.74) is 0.707. The second-order valence-corrected chi connectivity index (χ2v) is 8.29. The summed E-state index contributed by atoms with van der Waals surface area (Å²) in [6, 6.07) is 9.44. The SMILES string of the molecule is O=C(OCc1ccc(F)cc1Cl)c1ccc(S(=O)(=O)N2CCCC2)cc1. The maximum Gasteiger partial charge on any atom is 0.338 e. The molecule has 5 nitrogen and oxygen atoms in total. The first-order chi connectivity index (χ1) is 12.4. The molecule has 0 aliphatic carbocycles. The fourth-order valence-corrected chi connectivity index (χ4v) is 4.44. The topological polar surface area (TPSA) is 63.7 Å². The highest BCUT2D eigenvalue weighted by molar-refractivity contribution is 7.89. The smallest absolute Gasteiger partial charge is 0.338 e. The van der Waals surface area contributed by atoms with Gasteiger partial charge in [0, 0.05) is 18.7 Å². The summed E-state index contributed by atoms with van der Waals surface area (Å²) in [4.78, 5) is 12.3. The largest absolute Gasteiger partial charge is 0.457 e. The first-order valence-corrected chi connectivity index (χ1v) is 9.91. The monoisotopic (exact) mass is 397 g/mol. The van der Waals surface area contributed by atoms with Gasteiger partial charge in [-0.15, -0.1) is 0 Å². The van der Waals surface area contributed by atoms with Crippen molar-refractivity contribution in [2.45, 2.75) is 24.3 Å². The minimum Gasteiger partial charge on any atom is -0.457 e. The predicted octanol–water partition coefficient (Wildman–Crippen LogP) is 3.62.